The molecule has 5 atom stereocenters. The highest BCUT2D eigenvalue weighted by molar-refractivity contribution is 7.33. The van der Waals surface area contributed by atoms with Crippen LogP contribution in [0.4, 0.5) is 5.82 Å². The van der Waals surface area contributed by atoms with Gasteiger partial charge in [-0.3, -0.25) is 9.59 Å². The lowest BCUT2D eigenvalue weighted by Gasteiger charge is -2.27. The highest BCUT2D eigenvalue weighted by Crippen LogP contribution is 2.44. The molecule has 4 rings (SSSR count). The number of carbonyl (C=O) groups excluding carboxylic acids is 2. The molecular weight excluding hydrogens is 553 g/mol. The fraction of sp³-hybridized carbons (Fsp3) is 0.444. The van der Waals surface area contributed by atoms with Crippen LogP contribution in [0.3, 0.4) is 0 Å². The second-order valence-electron chi connectivity index (χ2n) is 10.8. The minimum atomic E-state index is -2.70. The van der Waals surface area contributed by atoms with Gasteiger partial charge in [0.1, 0.15) is 30.6 Å². The summed E-state index contributed by atoms with van der Waals surface area (Å²) in [5.74, 6) is -0.733. The molecule has 1 fully saturated rings. The number of ether oxygens (including phenoxy) is 3. The predicted octanol–water partition coefficient (Wildman–Crippen LogP) is 3.59. The topological polar surface area (TPSA) is 177 Å². The standard InChI is InChI=1S/C27H31N5O8P/c1-16(2)25(34)38-22-20(12-37-41(35)40-18-8-6-17(7-9-18)26(3,4)5)39-27(13-28,23(22)36-15-33)21-11-10-19-24(29)30-14-31-32(19)21/h6-11,14-16,20,22-23H,12H2,1-5H3,(H2,29,30,31)/q+1/t20-,22-,23-,27+/m1/s1. The minimum Gasteiger partial charge on any atom is -0.456 e. The average molecular weight is 585 g/mol. The Balaban J connectivity index is 1.62. The van der Waals surface area contributed by atoms with E-state index in [0.717, 1.165) is 5.56 Å². The second kappa shape index (κ2) is 11.8. The van der Waals surface area contributed by atoms with Crippen molar-refractivity contribution in [1.82, 2.24) is 14.6 Å². The average Bonchev–Trinajstić information content (AvgIpc) is 3.48. The molecule has 1 aliphatic heterocycles. The van der Waals surface area contributed by atoms with E-state index >= 15 is 0 Å². The van der Waals surface area contributed by atoms with Gasteiger partial charge in [0.25, 0.3) is 6.47 Å². The zero-order chi connectivity index (χ0) is 29.9. The van der Waals surface area contributed by atoms with E-state index in [9.17, 15) is 19.4 Å². The lowest BCUT2D eigenvalue weighted by molar-refractivity contribution is -0.165. The summed E-state index contributed by atoms with van der Waals surface area (Å²) in [7, 11) is -2.70. The smallest absolute Gasteiger partial charge is 0.456 e. The first-order valence-electron chi connectivity index (χ1n) is 12.8. The zero-order valence-electron chi connectivity index (χ0n) is 23.2. The van der Waals surface area contributed by atoms with Crippen LogP contribution in [-0.2, 0) is 43.9 Å². The summed E-state index contributed by atoms with van der Waals surface area (Å²) in [6, 6.07) is 12.2. The molecule has 0 radical (unpaired) electrons. The van der Waals surface area contributed by atoms with Crippen molar-refractivity contribution in [3.8, 4) is 11.8 Å². The molecule has 2 N–H and O–H groups in total. The molecule has 2 aromatic heterocycles. The quantitative estimate of drug-likeness (QED) is 0.208. The minimum absolute atomic E-state index is 0.0735. The second-order valence-corrected chi connectivity index (χ2v) is 11.6. The number of carbonyl (C=O) groups is 2. The Morgan fingerprint density at radius 2 is 1.98 bits per heavy atom. The molecule has 0 aliphatic carbocycles. The van der Waals surface area contributed by atoms with Gasteiger partial charge in [-0.25, -0.2) is 14.0 Å². The Hall–Kier alpha value is -4.11. The maximum absolute atomic E-state index is 12.7. The highest BCUT2D eigenvalue weighted by atomic mass is 31.1. The number of aromatic nitrogens is 3. The fourth-order valence-electron chi connectivity index (χ4n) is 4.42. The number of hydrogen-bond donors (Lipinski definition) is 1. The third-order valence-corrected chi connectivity index (χ3v) is 7.32. The van der Waals surface area contributed by atoms with Gasteiger partial charge in [0.05, 0.1) is 11.6 Å². The summed E-state index contributed by atoms with van der Waals surface area (Å²) in [5, 5.41) is 14.6. The molecule has 41 heavy (non-hydrogen) atoms. The van der Waals surface area contributed by atoms with Gasteiger partial charge in [-0.15, -0.1) is 4.52 Å². The van der Waals surface area contributed by atoms with E-state index in [-0.39, 0.29) is 23.4 Å². The third kappa shape index (κ3) is 6.00. The van der Waals surface area contributed by atoms with Crippen LogP contribution < -0.4 is 10.3 Å². The first kappa shape index (κ1) is 29.9. The first-order valence-corrected chi connectivity index (χ1v) is 13.9. The Morgan fingerprint density at radius 1 is 1.27 bits per heavy atom. The van der Waals surface area contributed by atoms with Crippen molar-refractivity contribution < 1.29 is 37.4 Å². The Kier molecular flexibility index (Phi) is 8.58. The van der Waals surface area contributed by atoms with Gasteiger partial charge >= 0.3 is 14.2 Å². The Bertz CT molecular complexity index is 1480. The number of fused-ring (bicyclic) bond motifs is 1. The van der Waals surface area contributed by atoms with Gasteiger partial charge in [0, 0.05) is 4.57 Å². The SMILES string of the molecule is CC(C)C(=O)O[C@H]1[C@@H](OC=O)[C@](C#N)(c2ccc3c(N)ncnn23)O[C@@H]1CO[P+](=O)Oc1ccc(C(C)(C)C)cc1. The van der Waals surface area contributed by atoms with Gasteiger partial charge in [-0.05, 0) is 35.2 Å². The molecule has 1 aromatic carbocycles. The number of benzene rings is 1. The number of nitrogen functional groups attached to an aromatic ring is 1. The maximum atomic E-state index is 12.7. The zero-order valence-corrected chi connectivity index (χ0v) is 24.1. The molecule has 1 unspecified atom stereocenters. The van der Waals surface area contributed by atoms with E-state index < -0.39 is 50.7 Å². The Labute approximate surface area is 237 Å². The number of rotatable bonds is 10. The molecule has 1 saturated heterocycles. The number of esters is 1. The van der Waals surface area contributed by atoms with Crippen LogP contribution in [0.15, 0.2) is 42.7 Å². The molecule has 3 aromatic rings. The van der Waals surface area contributed by atoms with E-state index in [1.54, 1.807) is 32.0 Å². The van der Waals surface area contributed by atoms with Crippen molar-refractivity contribution in [1.29, 1.82) is 5.26 Å². The van der Waals surface area contributed by atoms with Gasteiger partial charge < -0.3 is 19.9 Å². The van der Waals surface area contributed by atoms with Crippen LogP contribution in [0.5, 0.6) is 5.75 Å². The summed E-state index contributed by atoms with van der Waals surface area (Å²) >= 11 is 0. The van der Waals surface area contributed by atoms with Gasteiger partial charge in [0.15, 0.2) is 23.8 Å². The van der Waals surface area contributed by atoms with Gasteiger partial charge in [-0.1, -0.05) is 46.8 Å². The number of anilines is 1. The maximum Gasteiger partial charge on any atom is 0.750 e. The molecule has 0 saturated carbocycles. The summed E-state index contributed by atoms with van der Waals surface area (Å²) in [5.41, 5.74) is 5.44. The van der Waals surface area contributed by atoms with E-state index in [2.05, 4.69) is 36.9 Å². The lowest BCUT2D eigenvalue weighted by Crippen LogP contribution is -2.45. The molecule has 3 heterocycles. The van der Waals surface area contributed by atoms with Crippen LogP contribution in [0.2, 0.25) is 0 Å². The molecule has 0 bridgehead atoms. The van der Waals surface area contributed by atoms with E-state index in [1.165, 1.54) is 16.9 Å². The van der Waals surface area contributed by atoms with Gasteiger partial charge in [-0.2, -0.15) is 10.4 Å². The monoisotopic (exact) mass is 584 g/mol. The lowest BCUT2D eigenvalue weighted by atomic mass is 9.87. The number of nitrogens with two attached hydrogens (primary N) is 1. The highest BCUT2D eigenvalue weighted by Gasteiger charge is 2.62. The van der Waals surface area contributed by atoms with Crippen molar-refractivity contribution in [3.63, 3.8) is 0 Å². The van der Waals surface area contributed by atoms with Crippen LogP contribution in [-0.4, -0.2) is 52.0 Å². The van der Waals surface area contributed by atoms with E-state index in [0.29, 0.717) is 11.3 Å². The van der Waals surface area contributed by atoms with Gasteiger partial charge in [0.2, 0.25) is 5.60 Å². The molecule has 1 aliphatic rings. The van der Waals surface area contributed by atoms with Crippen LogP contribution in [0, 0.1) is 17.2 Å². The van der Waals surface area contributed by atoms with Crippen molar-refractivity contribution in [3.05, 3.63) is 54.0 Å². The van der Waals surface area contributed by atoms with Crippen LogP contribution >= 0.6 is 8.25 Å². The molecule has 13 nitrogen and oxygen atoms in total. The van der Waals surface area contributed by atoms with Crippen molar-refractivity contribution in [2.45, 2.75) is 63.9 Å². The Morgan fingerprint density at radius 3 is 2.59 bits per heavy atom. The normalized spacial score (nSPS) is 22.8. The first-order chi connectivity index (χ1) is 19.4. The van der Waals surface area contributed by atoms with E-state index in [4.69, 9.17) is 29.0 Å². The number of nitrogens with zero attached hydrogens (tertiary/aromatic N) is 4. The summed E-state index contributed by atoms with van der Waals surface area (Å²) in [6.45, 7) is 9.13. The molecule has 0 amide bonds. The summed E-state index contributed by atoms with van der Waals surface area (Å²) in [6.07, 6.45) is -2.76. The van der Waals surface area contributed by atoms with Crippen LogP contribution in [0.25, 0.3) is 5.52 Å². The summed E-state index contributed by atoms with van der Waals surface area (Å²) in [4.78, 5) is 28.2. The number of nitriles is 1. The summed E-state index contributed by atoms with van der Waals surface area (Å²) < 4.78 is 42.1. The van der Waals surface area contributed by atoms with E-state index in [1.807, 2.05) is 12.1 Å². The molecule has 0 spiro atoms. The third-order valence-electron chi connectivity index (χ3n) is 6.60. The van der Waals surface area contributed by atoms with Crippen LogP contribution in [0.1, 0.15) is 45.9 Å². The fourth-order valence-corrected chi connectivity index (χ4v) is 5.03. The van der Waals surface area contributed by atoms with Crippen molar-refractivity contribution in [2.75, 3.05) is 12.3 Å². The molecular formula is C27H31N5O8P+. The number of hydrogen-bond acceptors (Lipinski definition) is 12. The molecule has 216 valence electrons. The predicted molar refractivity (Wildman–Crippen MR) is 145 cm³/mol. The van der Waals surface area contributed by atoms with Crippen molar-refractivity contribution in [2.24, 2.45) is 5.92 Å². The van der Waals surface area contributed by atoms with Crippen molar-refractivity contribution >= 4 is 32.0 Å². The largest absolute Gasteiger partial charge is 0.750 e. The molecule has 14 heteroatoms.